The summed E-state index contributed by atoms with van der Waals surface area (Å²) in [5.41, 5.74) is 1.50. The molecule has 0 bridgehead atoms. The number of carbonyl (C=O) groups excluding carboxylic acids is 2. The van der Waals surface area contributed by atoms with Crippen molar-refractivity contribution in [2.45, 2.75) is 19.9 Å². The number of methoxy groups -OCH3 is 1. The first-order valence-electron chi connectivity index (χ1n) is 6.29. The van der Waals surface area contributed by atoms with Gasteiger partial charge in [0.2, 0.25) is 5.91 Å². The Labute approximate surface area is 127 Å². The second kappa shape index (κ2) is 8.01. The molecule has 20 heavy (non-hydrogen) atoms. The molecule has 5 nitrogen and oxygen atoms in total. The molecule has 0 heterocycles. The van der Waals surface area contributed by atoms with Crippen molar-refractivity contribution in [2.75, 3.05) is 20.3 Å². The first-order valence-corrected chi connectivity index (χ1v) is 7.08. The molecule has 1 aromatic carbocycles. The van der Waals surface area contributed by atoms with Gasteiger partial charge in [0.1, 0.15) is 6.04 Å². The molecule has 1 unspecified atom stereocenters. The number of aryl methyl sites for hydroxylation is 1. The topological polar surface area (TPSA) is 67.4 Å². The van der Waals surface area contributed by atoms with Crippen LogP contribution in [0, 0.1) is 6.92 Å². The lowest BCUT2D eigenvalue weighted by Crippen LogP contribution is -2.45. The van der Waals surface area contributed by atoms with Crippen molar-refractivity contribution in [3.8, 4) is 0 Å². The molecule has 0 spiro atoms. The maximum absolute atomic E-state index is 12.0. The van der Waals surface area contributed by atoms with E-state index in [1.807, 2.05) is 13.0 Å². The van der Waals surface area contributed by atoms with E-state index in [4.69, 9.17) is 4.74 Å². The van der Waals surface area contributed by atoms with Crippen LogP contribution in [0.5, 0.6) is 0 Å². The summed E-state index contributed by atoms with van der Waals surface area (Å²) >= 11 is 3.38. The third-order valence-corrected chi connectivity index (χ3v) is 3.66. The number of nitrogens with one attached hydrogen (secondary N) is 2. The van der Waals surface area contributed by atoms with Crippen LogP contribution in [0.2, 0.25) is 0 Å². The Balaban J connectivity index is 2.56. The van der Waals surface area contributed by atoms with Crippen LogP contribution in [-0.2, 0) is 9.53 Å². The van der Waals surface area contributed by atoms with Crippen LogP contribution in [0.1, 0.15) is 22.8 Å². The lowest BCUT2D eigenvalue weighted by molar-refractivity contribution is -0.122. The van der Waals surface area contributed by atoms with E-state index in [1.54, 1.807) is 26.2 Å². The minimum atomic E-state index is -0.594. The van der Waals surface area contributed by atoms with Crippen molar-refractivity contribution < 1.29 is 14.3 Å². The van der Waals surface area contributed by atoms with Crippen LogP contribution in [0.25, 0.3) is 0 Å². The van der Waals surface area contributed by atoms with Gasteiger partial charge in [0.05, 0.1) is 6.61 Å². The van der Waals surface area contributed by atoms with Crippen molar-refractivity contribution in [1.82, 2.24) is 10.6 Å². The van der Waals surface area contributed by atoms with E-state index in [-0.39, 0.29) is 11.8 Å². The molecule has 2 amide bonds. The summed E-state index contributed by atoms with van der Waals surface area (Å²) in [6, 6.07) is 4.70. The monoisotopic (exact) mass is 342 g/mol. The highest BCUT2D eigenvalue weighted by Crippen LogP contribution is 2.17. The zero-order valence-electron chi connectivity index (χ0n) is 11.8. The molecule has 1 aromatic rings. The van der Waals surface area contributed by atoms with E-state index < -0.39 is 6.04 Å². The summed E-state index contributed by atoms with van der Waals surface area (Å²) < 4.78 is 5.78. The molecule has 0 saturated carbocycles. The van der Waals surface area contributed by atoms with Gasteiger partial charge in [0, 0.05) is 23.7 Å². The highest BCUT2D eigenvalue weighted by atomic mass is 79.9. The van der Waals surface area contributed by atoms with Gasteiger partial charge in [-0.1, -0.05) is 15.9 Å². The molecule has 110 valence electrons. The Kier molecular flexibility index (Phi) is 6.67. The number of hydrogen-bond donors (Lipinski definition) is 2. The molecule has 0 aliphatic rings. The van der Waals surface area contributed by atoms with Gasteiger partial charge >= 0.3 is 0 Å². The van der Waals surface area contributed by atoms with Gasteiger partial charge in [-0.05, 0) is 37.6 Å². The molecule has 0 aliphatic heterocycles. The number of amides is 2. The van der Waals surface area contributed by atoms with Crippen LogP contribution in [-0.4, -0.2) is 38.1 Å². The van der Waals surface area contributed by atoms with E-state index in [2.05, 4.69) is 26.6 Å². The van der Waals surface area contributed by atoms with Crippen molar-refractivity contribution in [3.63, 3.8) is 0 Å². The Morgan fingerprint density at radius 3 is 2.70 bits per heavy atom. The number of ether oxygens (including phenoxy) is 1. The number of halogens is 1. The van der Waals surface area contributed by atoms with Crippen LogP contribution in [0.3, 0.4) is 0 Å². The van der Waals surface area contributed by atoms with Crippen molar-refractivity contribution in [1.29, 1.82) is 0 Å². The minimum absolute atomic E-state index is 0.232. The van der Waals surface area contributed by atoms with Crippen LogP contribution in [0.4, 0.5) is 0 Å². The minimum Gasteiger partial charge on any atom is -0.383 e. The molecule has 1 rings (SSSR count). The molecule has 6 heteroatoms. The lowest BCUT2D eigenvalue weighted by atomic mass is 10.1. The zero-order chi connectivity index (χ0) is 15.1. The predicted molar refractivity (Wildman–Crippen MR) is 80.7 cm³/mol. The van der Waals surface area contributed by atoms with Gasteiger partial charge < -0.3 is 15.4 Å². The smallest absolute Gasteiger partial charge is 0.251 e. The second-order valence-corrected chi connectivity index (χ2v) is 5.30. The fourth-order valence-electron chi connectivity index (χ4n) is 1.56. The highest BCUT2D eigenvalue weighted by Gasteiger charge is 2.16. The zero-order valence-corrected chi connectivity index (χ0v) is 13.4. The summed E-state index contributed by atoms with van der Waals surface area (Å²) in [6.07, 6.45) is 0. The molecule has 2 N–H and O–H groups in total. The highest BCUT2D eigenvalue weighted by molar-refractivity contribution is 9.10. The van der Waals surface area contributed by atoms with Crippen LogP contribution in [0.15, 0.2) is 22.7 Å². The molecule has 1 atom stereocenters. The van der Waals surface area contributed by atoms with Gasteiger partial charge in [-0.2, -0.15) is 0 Å². The third kappa shape index (κ3) is 4.94. The number of benzene rings is 1. The Hall–Kier alpha value is -1.40. The van der Waals surface area contributed by atoms with Gasteiger partial charge in [0.15, 0.2) is 0 Å². The average Bonchev–Trinajstić information content (AvgIpc) is 2.41. The van der Waals surface area contributed by atoms with E-state index in [1.165, 1.54) is 0 Å². The Morgan fingerprint density at radius 2 is 2.10 bits per heavy atom. The van der Waals surface area contributed by atoms with Gasteiger partial charge in [-0.25, -0.2) is 0 Å². The Morgan fingerprint density at radius 1 is 1.40 bits per heavy atom. The molecule has 0 radical (unpaired) electrons. The normalized spacial score (nSPS) is 11.8. The van der Waals surface area contributed by atoms with Gasteiger partial charge in [-0.15, -0.1) is 0 Å². The largest absolute Gasteiger partial charge is 0.383 e. The first kappa shape index (κ1) is 16.7. The van der Waals surface area contributed by atoms with E-state index in [0.29, 0.717) is 18.7 Å². The molecule has 0 aliphatic carbocycles. The SMILES string of the molecule is COCCNC(=O)C(C)NC(=O)c1ccc(Br)c(C)c1. The summed E-state index contributed by atoms with van der Waals surface area (Å²) in [6.45, 7) is 4.42. The fourth-order valence-corrected chi connectivity index (χ4v) is 1.81. The molecule has 0 fully saturated rings. The van der Waals surface area contributed by atoms with Gasteiger partial charge in [-0.3, -0.25) is 9.59 Å². The predicted octanol–water partition coefficient (Wildman–Crippen LogP) is 1.64. The second-order valence-electron chi connectivity index (χ2n) is 4.44. The van der Waals surface area contributed by atoms with Gasteiger partial charge in [0.25, 0.3) is 5.91 Å². The maximum Gasteiger partial charge on any atom is 0.251 e. The molecular weight excluding hydrogens is 324 g/mol. The quantitative estimate of drug-likeness (QED) is 0.772. The van der Waals surface area contributed by atoms with Crippen molar-refractivity contribution in [3.05, 3.63) is 33.8 Å². The van der Waals surface area contributed by atoms with Crippen molar-refractivity contribution in [2.24, 2.45) is 0 Å². The average molecular weight is 343 g/mol. The summed E-state index contributed by atoms with van der Waals surface area (Å²) in [4.78, 5) is 23.7. The maximum atomic E-state index is 12.0. The fraction of sp³-hybridized carbons (Fsp3) is 0.429. The molecular formula is C14H19BrN2O3. The standard InChI is InChI=1S/C14H19BrN2O3/c1-9-8-11(4-5-12(9)15)14(19)17-10(2)13(18)16-6-7-20-3/h4-5,8,10H,6-7H2,1-3H3,(H,16,18)(H,17,19). The summed E-state index contributed by atoms with van der Waals surface area (Å²) in [5, 5.41) is 5.34. The van der Waals surface area contributed by atoms with Crippen LogP contribution < -0.4 is 10.6 Å². The third-order valence-electron chi connectivity index (χ3n) is 2.77. The van der Waals surface area contributed by atoms with E-state index in [9.17, 15) is 9.59 Å². The Bertz CT molecular complexity index is 491. The summed E-state index contributed by atoms with van der Waals surface area (Å²) in [5.74, 6) is -0.501. The lowest BCUT2D eigenvalue weighted by Gasteiger charge is -2.14. The molecule has 0 saturated heterocycles. The number of rotatable bonds is 6. The molecule has 0 aromatic heterocycles. The van der Waals surface area contributed by atoms with E-state index in [0.717, 1.165) is 10.0 Å². The first-order chi connectivity index (χ1) is 9.45. The van der Waals surface area contributed by atoms with Crippen LogP contribution >= 0.6 is 15.9 Å². The number of carbonyl (C=O) groups is 2. The summed E-state index contributed by atoms with van der Waals surface area (Å²) in [7, 11) is 1.56. The number of hydrogen-bond acceptors (Lipinski definition) is 3. The van der Waals surface area contributed by atoms with Crippen molar-refractivity contribution >= 4 is 27.7 Å². The van der Waals surface area contributed by atoms with E-state index >= 15 is 0 Å².